The minimum absolute atomic E-state index is 0.188. The summed E-state index contributed by atoms with van der Waals surface area (Å²) < 4.78 is 0. The molecule has 1 fully saturated rings. The molecule has 0 saturated heterocycles. The van der Waals surface area contributed by atoms with Crippen molar-refractivity contribution in [3.05, 3.63) is 12.7 Å². The van der Waals surface area contributed by atoms with E-state index in [0.29, 0.717) is 5.92 Å². The third kappa shape index (κ3) is 3.56. The summed E-state index contributed by atoms with van der Waals surface area (Å²) in [5.74, 6) is -0.397. The number of urea groups is 1. The van der Waals surface area contributed by atoms with Crippen molar-refractivity contribution in [3.8, 4) is 0 Å². The molecule has 3 N–H and O–H groups in total. The van der Waals surface area contributed by atoms with Crippen LogP contribution in [0.4, 0.5) is 4.79 Å². The number of carbonyl (C=O) groups is 2. The molecule has 1 unspecified atom stereocenters. The first-order valence-electron chi connectivity index (χ1n) is 5.43. The van der Waals surface area contributed by atoms with Crippen LogP contribution >= 0.6 is 0 Å². The second-order valence-electron chi connectivity index (χ2n) is 4.31. The van der Waals surface area contributed by atoms with Crippen LogP contribution in [0.25, 0.3) is 0 Å². The van der Waals surface area contributed by atoms with Crippen molar-refractivity contribution in [2.75, 3.05) is 0 Å². The molecular weight excluding hydrogens is 208 g/mol. The van der Waals surface area contributed by atoms with Gasteiger partial charge in [0.1, 0.15) is 6.04 Å². The molecule has 0 bridgehead atoms. The quantitative estimate of drug-likeness (QED) is 0.614. The molecule has 1 aliphatic rings. The standard InChI is InChI=1S/C11H18N2O3/c1-3-4-9(10(14)15)13-11(16)12-8-5-7(2)6-8/h3,7-9H,1,4-6H2,2H3,(H,14,15)(H2,12,13,16). The number of hydrogen-bond donors (Lipinski definition) is 3. The van der Waals surface area contributed by atoms with E-state index in [9.17, 15) is 9.59 Å². The molecule has 1 saturated carbocycles. The highest BCUT2D eigenvalue weighted by molar-refractivity contribution is 5.82. The molecule has 16 heavy (non-hydrogen) atoms. The number of nitrogens with one attached hydrogen (secondary N) is 2. The first-order valence-corrected chi connectivity index (χ1v) is 5.43. The van der Waals surface area contributed by atoms with Gasteiger partial charge in [-0.2, -0.15) is 0 Å². The van der Waals surface area contributed by atoms with Crippen molar-refractivity contribution >= 4 is 12.0 Å². The zero-order valence-electron chi connectivity index (χ0n) is 9.40. The Balaban J connectivity index is 2.30. The van der Waals surface area contributed by atoms with Crippen molar-refractivity contribution in [3.63, 3.8) is 0 Å². The number of carbonyl (C=O) groups excluding carboxylic acids is 1. The number of rotatable bonds is 5. The molecule has 90 valence electrons. The molecular formula is C11H18N2O3. The van der Waals surface area contributed by atoms with Crippen LogP contribution in [0.5, 0.6) is 0 Å². The molecule has 1 rings (SSSR count). The van der Waals surface area contributed by atoms with E-state index in [0.717, 1.165) is 12.8 Å². The molecule has 5 nitrogen and oxygen atoms in total. The summed E-state index contributed by atoms with van der Waals surface area (Å²) in [6.45, 7) is 5.57. The number of carboxylic acid groups (broad SMARTS) is 1. The van der Waals surface area contributed by atoms with Crippen LogP contribution < -0.4 is 10.6 Å². The van der Waals surface area contributed by atoms with E-state index >= 15 is 0 Å². The van der Waals surface area contributed by atoms with Crippen LogP contribution in [-0.4, -0.2) is 29.2 Å². The third-order valence-electron chi connectivity index (χ3n) is 2.71. The maximum atomic E-state index is 11.4. The molecule has 0 aromatic rings. The Morgan fingerprint density at radius 2 is 2.19 bits per heavy atom. The Kier molecular flexibility index (Phi) is 4.34. The van der Waals surface area contributed by atoms with E-state index in [4.69, 9.17) is 5.11 Å². The fourth-order valence-electron chi connectivity index (χ4n) is 1.79. The van der Waals surface area contributed by atoms with Gasteiger partial charge in [0.05, 0.1) is 0 Å². The van der Waals surface area contributed by atoms with E-state index in [1.165, 1.54) is 6.08 Å². The van der Waals surface area contributed by atoms with Gasteiger partial charge in [0.25, 0.3) is 0 Å². The second kappa shape index (κ2) is 5.53. The van der Waals surface area contributed by atoms with Crippen LogP contribution in [-0.2, 0) is 4.79 Å². The van der Waals surface area contributed by atoms with Gasteiger partial charge in [-0.15, -0.1) is 6.58 Å². The topological polar surface area (TPSA) is 78.4 Å². The predicted octanol–water partition coefficient (Wildman–Crippen LogP) is 1.11. The summed E-state index contributed by atoms with van der Waals surface area (Å²) in [7, 11) is 0. The maximum absolute atomic E-state index is 11.4. The lowest BCUT2D eigenvalue weighted by Gasteiger charge is -2.33. The second-order valence-corrected chi connectivity index (χ2v) is 4.31. The maximum Gasteiger partial charge on any atom is 0.326 e. The Morgan fingerprint density at radius 3 is 2.62 bits per heavy atom. The molecule has 0 aromatic heterocycles. The molecule has 2 amide bonds. The average molecular weight is 226 g/mol. The van der Waals surface area contributed by atoms with E-state index in [1.54, 1.807) is 0 Å². The Hall–Kier alpha value is -1.52. The minimum Gasteiger partial charge on any atom is -0.480 e. The first kappa shape index (κ1) is 12.5. The van der Waals surface area contributed by atoms with Crippen molar-refractivity contribution in [1.29, 1.82) is 0 Å². The van der Waals surface area contributed by atoms with Crippen LogP contribution in [0, 0.1) is 5.92 Å². The van der Waals surface area contributed by atoms with Gasteiger partial charge in [0, 0.05) is 6.04 Å². The summed E-state index contributed by atoms with van der Waals surface area (Å²) in [6.07, 6.45) is 3.63. The predicted molar refractivity (Wildman–Crippen MR) is 60.1 cm³/mol. The molecule has 0 aromatic carbocycles. The van der Waals surface area contributed by atoms with Gasteiger partial charge in [-0.3, -0.25) is 0 Å². The smallest absolute Gasteiger partial charge is 0.326 e. The lowest BCUT2D eigenvalue weighted by Crippen LogP contribution is -2.51. The van der Waals surface area contributed by atoms with Crippen LogP contribution in [0.1, 0.15) is 26.2 Å². The lowest BCUT2D eigenvalue weighted by atomic mass is 9.82. The molecule has 1 aliphatic carbocycles. The van der Waals surface area contributed by atoms with Gasteiger partial charge >= 0.3 is 12.0 Å². The summed E-state index contributed by atoms with van der Waals surface area (Å²) in [5, 5.41) is 14.0. The summed E-state index contributed by atoms with van der Waals surface area (Å²) in [5.41, 5.74) is 0. The lowest BCUT2D eigenvalue weighted by molar-refractivity contribution is -0.139. The fraction of sp³-hybridized carbons (Fsp3) is 0.636. The van der Waals surface area contributed by atoms with Gasteiger partial charge < -0.3 is 15.7 Å². The van der Waals surface area contributed by atoms with E-state index in [2.05, 4.69) is 24.1 Å². The Bertz CT molecular complexity index is 285. The monoisotopic (exact) mass is 226 g/mol. The summed E-state index contributed by atoms with van der Waals surface area (Å²) in [4.78, 5) is 22.2. The molecule has 1 atom stereocenters. The minimum atomic E-state index is -1.04. The third-order valence-corrected chi connectivity index (χ3v) is 2.71. The van der Waals surface area contributed by atoms with Gasteiger partial charge in [0.2, 0.25) is 0 Å². The SMILES string of the molecule is C=CCC(NC(=O)NC1CC(C)C1)C(=O)O. The highest BCUT2D eigenvalue weighted by Crippen LogP contribution is 2.25. The van der Waals surface area contributed by atoms with E-state index in [1.807, 2.05) is 0 Å². The molecule has 0 aliphatic heterocycles. The summed E-state index contributed by atoms with van der Waals surface area (Å²) >= 11 is 0. The molecule has 5 heteroatoms. The average Bonchev–Trinajstić information content (AvgIpc) is 2.14. The van der Waals surface area contributed by atoms with Gasteiger partial charge in [-0.1, -0.05) is 13.0 Å². The highest BCUT2D eigenvalue weighted by atomic mass is 16.4. The largest absolute Gasteiger partial charge is 0.480 e. The number of hydrogen-bond acceptors (Lipinski definition) is 2. The van der Waals surface area contributed by atoms with E-state index < -0.39 is 18.0 Å². The zero-order valence-corrected chi connectivity index (χ0v) is 9.40. The molecule has 0 spiro atoms. The Morgan fingerprint density at radius 1 is 1.56 bits per heavy atom. The van der Waals surface area contributed by atoms with Crippen LogP contribution in [0.15, 0.2) is 12.7 Å². The van der Waals surface area contributed by atoms with Crippen molar-refractivity contribution in [2.45, 2.75) is 38.3 Å². The number of aliphatic carboxylic acids is 1. The van der Waals surface area contributed by atoms with E-state index in [-0.39, 0.29) is 12.5 Å². The van der Waals surface area contributed by atoms with Crippen molar-refractivity contribution in [2.24, 2.45) is 5.92 Å². The molecule has 0 radical (unpaired) electrons. The fourth-order valence-corrected chi connectivity index (χ4v) is 1.79. The van der Waals surface area contributed by atoms with Crippen LogP contribution in [0.3, 0.4) is 0 Å². The van der Waals surface area contributed by atoms with Gasteiger partial charge in [-0.05, 0) is 25.2 Å². The zero-order chi connectivity index (χ0) is 12.1. The van der Waals surface area contributed by atoms with Gasteiger partial charge in [0.15, 0.2) is 0 Å². The normalized spacial score (nSPS) is 25.1. The summed E-state index contributed by atoms with van der Waals surface area (Å²) in [6, 6.07) is -1.12. The number of carboxylic acids is 1. The first-order chi connectivity index (χ1) is 7.52. The van der Waals surface area contributed by atoms with Gasteiger partial charge in [-0.25, -0.2) is 9.59 Å². The number of amides is 2. The van der Waals surface area contributed by atoms with Crippen molar-refractivity contribution < 1.29 is 14.7 Å². The van der Waals surface area contributed by atoms with Crippen LogP contribution in [0.2, 0.25) is 0 Å². The Labute approximate surface area is 94.9 Å². The molecule has 0 heterocycles. The highest BCUT2D eigenvalue weighted by Gasteiger charge is 2.27. The van der Waals surface area contributed by atoms with Crippen molar-refractivity contribution in [1.82, 2.24) is 10.6 Å².